The maximum atomic E-state index is 11.4. The third-order valence-electron chi connectivity index (χ3n) is 4.37. The molecular formula is C18H20N2O4. The lowest BCUT2D eigenvalue weighted by Crippen LogP contribution is -2.08. The topological polar surface area (TPSA) is 86.3 Å². The van der Waals surface area contributed by atoms with E-state index >= 15 is 0 Å². The second kappa shape index (κ2) is 7.21. The summed E-state index contributed by atoms with van der Waals surface area (Å²) in [7, 11) is 0. The Kier molecular flexibility index (Phi) is 5.28. The van der Waals surface area contributed by atoms with E-state index < -0.39 is 4.92 Å². The highest BCUT2D eigenvalue weighted by atomic mass is 16.6. The summed E-state index contributed by atoms with van der Waals surface area (Å²) in [4.78, 5) is 21.6. The Labute approximate surface area is 140 Å². The third kappa shape index (κ3) is 3.27. The largest absolute Gasteiger partial charge is 0.273 e. The van der Waals surface area contributed by atoms with Crippen LogP contribution in [0.15, 0.2) is 36.4 Å². The summed E-state index contributed by atoms with van der Waals surface area (Å²) in [5.41, 5.74) is 3.50. The number of nitrogens with zero attached hydrogens (tertiary/aromatic N) is 2. The van der Waals surface area contributed by atoms with Crippen LogP contribution in [0.5, 0.6) is 0 Å². The Morgan fingerprint density at radius 1 is 0.958 bits per heavy atom. The van der Waals surface area contributed by atoms with Crippen LogP contribution < -0.4 is 0 Å². The van der Waals surface area contributed by atoms with E-state index in [2.05, 4.69) is 0 Å². The normalized spacial score (nSPS) is 12.0. The first-order valence-corrected chi connectivity index (χ1v) is 7.94. The minimum atomic E-state index is -0.421. The van der Waals surface area contributed by atoms with Crippen molar-refractivity contribution in [2.24, 2.45) is 0 Å². The molecule has 0 heterocycles. The van der Waals surface area contributed by atoms with Crippen molar-refractivity contribution in [3.8, 4) is 0 Å². The summed E-state index contributed by atoms with van der Waals surface area (Å²) in [6, 6.07) is 9.86. The van der Waals surface area contributed by atoms with Crippen molar-refractivity contribution in [1.29, 1.82) is 0 Å². The van der Waals surface area contributed by atoms with Crippen LogP contribution in [-0.2, 0) is 12.8 Å². The van der Waals surface area contributed by atoms with Gasteiger partial charge >= 0.3 is 0 Å². The molecule has 1 atom stereocenters. The zero-order valence-electron chi connectivity index (χ0n) is 14.0. The van der Waals surface area contributed by atoms with Crippen molar-refractivity contribution in [3.63, 3.8) is 0 Å². The smallest absolute Gasteiger partial charge is 0.258 e. The van der Waals surface area contributed by atoms with Crippen molar-refractivity contribution in [1.82, 2.24) is 0 Å². The van der Waals surface area contributed by atoms with Gasteiger partial charge in [-0.1, -0.05) is 39.0 Å². The predicted molar refractivity (Wildman–Crippen MR) is 92.5 cm³/mol. The Balaban J connectivity index is 2.63. The first-order chi connectivity index (χ1) is 11.4. The Morgan fingerprint density at radius 2 is 1.62 bits per heavy atom. The van der Waals surface area contributed by atoms with Crippen LogP contribution in [0.3, 0.4) is 0 Å². The Morgan fingerprint density at radius 3 is 2.17 bits per heavy atom. The lowest BCUT2D eigenvalue weighted by molar-refractivity contribution is -0.385. The van der Waals surface area contributed by atoms with E-state index in [0.29, 0.717) is 18.4 Å². The van der Waals surface area contributed by atoms with Gasteiger partial charge in [0.2, 0.25) is 0 Å². The van der Waals surface area contributed by atoms with E-state index in [-0.39, 0.29) is 22.2 Å². The predicted octanol–water partition coefficient (Wildman–Crippen LogP) is 4.78. The number of hydrogen-bond acceptors (Lipinski definition) is 4. The van der Waals surface area contributed by atoms with Crippen LogP contribution in [0.25, 0.3) is 0 Å². The number of aryl methyl sites for hydroxylation is 2. The molecule has 0 saturated heterocycles. The zero-order valence-corrected chi connectivity index (χ0v) is 14.0. The van der Waals surface area contributed by atoms with E-state index in [9.17, 15) is 20.2 Å². The standard InChI is InChI=1S/C18H20N2O4/c1-4-13-7-6-8-17(20(23)24)18(13)12(3)16-10-9-15(19(21)22)11-14(16)5-2/h6-12H,4-5H2,1-3H3. The number of nitro groups is 2. The van der Waals surface area contributed by atoms with E-state index in [4.69, 9.17) is 0 Å². The van der Waals surface area contributed by atoms with Gasteiger partial charge in [-0.3, -0.25) is 20.2 Å². The summed E-state index contributed by atoms with van der Waals surface area (Å²) < 4.78 is 0. The molecule has 0 aromatic heterocycles. The molecular weight excluding hydrogens is 308 g/mol. The molecule has 0 radical (unpaired) electrons. The summed E-state index contributed by atoms with van der Waals surface area (Å²) in [5.74, 6) is -0.211. The van der Waals surface area contributed by atoms with Gasteiger partial charge in [0.15, 0.2) is 0 Å². The molecule has 0 aliphatic carbocycles. The minimum Gasteiger partial charge on any atom is -0.258 e. The van der Waals surface area contributed by atoms with Crippen LogP contribution in [0, 0.1) is 20.2 Å². The number of rotatable bonds is 6. The number of nitro benzene ring substituents is 2. The maximum Gasteiger partial charge on any atom is 0.273 e. The molecule has 0 fully saturated rings. The fourth-order valence-corrected chi connectivity index (χ4v) is 3.16. The zero-order chi connectivity index (χ0) is 17.9. The molecule has 24 heavy (non-hydrogen) atoms. The van der Waals surface area contributed by atoms with Gasteiger partial charge in [-0.2, -0.15) is 0 Å². The summed E-state index contributed by atoms with van der Waals surface area (Å²) in [6.07, 6.45) is 1.32. The fraction of sp³-hybridized carbons (Fsp3) is 0.333. The fourth-order valence-electron chi connectivity index (χ4n) is 3.16. The van der Waals surface area contributed by atoms with Crippen molar-refractivity contribution in [2.45, 2.75) is 39.5 Å². The molecule has 2 aromatic carbocycles. The van der Waals surface area contributed by atoms with Crippen LogP contribution in [0.2, 0.25) is 0 Å². The first kappa shape index (κ1) is 17.6. The van der Waals surface area contributed by atoms with Gasteiger partial charge in [0.25, 0.3) is 11.4 Å². The van der Waals surface area contributed by atoms with Gasteiger partial charge in [0.05, 0.1) is 9.85 Å². The van der Waals surface area contributed by atoms with Crippen LogP contribution in [-0.4, -0.2) is 9.85 Å². The van der Waals surface area contributed by atoms with Gasteiger partial charge in [-0.05, 0) is 29.5 Å². The molecule has 2 rings (SSSR count). The second-order valence-corrected chi connectivity index (χ2v) is 5.68. The van der Waals surface area contributed by atoms with Crippen molar-refractivity contribution < 1.29 is 9.85 Å². The number of benzene rings is 2. The van der Waals surface area contributed by atoms with Gasteiger partial charge in [-0.15, -0.1) is 0 Å². The van der Waals surface area contributed by atoms with Crippen LogP contribution >= 0.6 is 0 Å². The SMILES string of the molecule is CCc1cc([N+](=O)[O-])ccc1C(C)c1c(CC)cccc1[N+](=O)[O-]. The highest BCUT2D eigenvalue weighted by Crippen LogP contribution is 2.37. The van der Waals surface area contributed by atoms with Crippen molar-refractivity contribution in [3.05, 3.63) is 78.9 Å². The first-order valence-electron chi connectivity index (χ1n) is 7.94. The summed E-state index contributed by atoms with van der Waals surface area (Å²) >= 11 is 0. The molecule has 0 spiro atoms. The average Bonchev–Trinajstić information content (AvgIpc) is 2.59. The summed E-state index contributed by atoms with van der Waals surface area (Å²) in [5, 5.41) is 22.4. The second-order valence-electron chi connectivity index (χ2n) is 5.68. The molecule has 1 unspecified atom stereocenters. The van der Waals surface area contributed by atoms with E-state index in [1.54, 1.807) is 18.2 Å². The monoisotopic (exact) mass is 328 g/mol. The molecule has 0 aliphatic rings. The van der Waals surface area contributed by atoms with Crippen molar-refractivity contribution >= 4 is 11.4 Å². The van der Waals surface area contributed by atoms with E-state index in [1.165, 1.54) is 12.1 Å². The van der Waals surface area contributed by atoms with Gasteiger partial charge in [-0.25, -0.2) is 0 Å². The number of non-ortho nitro benzene ring substituents is 1. The van der Waals surface area contributed by atoms with Crippen LogP contribution in [0.1, 0.15) is 48.9 Å². The third-order valence-corrected chi connectivity index (χ3v) is 4.37. The molecule has 0 amide bonds. The Bertz CT molecular complexity index is 787. The average molecular weight is 328 g/mol. The lowest BCUT2D eigenvalue weighted by Gasteiger charge is -2.19. The quantitative estimate of drug-likeness (QED) is 0.564. The van der Waals surface area contributed by atoms with Gasteiger partial charge in [0, 0.05) is 29.7 Å². The van der Waals surface area contributed by atoms with E-state index in [1.807, 2.05) is 26.8 Å². The Hall–Kier alpha value is -2.76. The molecule has 126 valence electrons. The highest BCUT2D eigenvalue weighted by molar-refractivity contribution is 5.53. The summed E-state index contributed by atoms with van der Waals surface area (Å²) in [6.45, 7) is 5.81. The molecule has 0 bridgehead atoms. The number of hydrogen-bond donors (Lipinski definition) is 0. The molecule has 0 N–H and O–H groups in total. The van der Waals surface area contributed by atoms with Crippen LogP contribution in [0.4, 0.5) is 11.4 Å². The molecule has 6 nitrogen and oxygen atoms in total. The molecule has 6 heteroatoms. The lowest BCUT2D eigenvalue weighted by atomic mass is 9.84. The van der Waals surface area contributed by atoms with Crippen molar-refractivity contribution in [2.75, 3.05) is 0 Å². The molecule has 2 aromatic rings. The van der Waals surface area contributed by atoms with Gasteiger partial charge < -0.3 is 0 Å². The minimum absolute atomic E-state index is 0.0427. The maximum absolute atomic E-state index is 11.4. The van der Waals surface area contributed by atoms with E-state index in [0.717, 1.165) is 16.7 Å². The molecule has 0 saturated carbocycles. The molecule has 0 aliphatic heterocycles. The van der Waals surface area contributed by atoms with Gasteiger partial charge in [0.1, 0.15) is 0 Å². The highest BCUT2D eigenvalue weighted by Gasteiger charge is 2.25.